The van der Waals surface area contributed by atoms with E-state index in [9.17, 15) is 0 Å². The van der Waals surface area contributed by atoms with E-state index in [0.717, 1.165) is 57.8 Å². The van der Waals surface area contributed by atoms with Crippen molar-refractivity contribution in [2.45, 2.75) is 52.5 Å². The normalized spacial score (nSPS) is 28.4. The van der Waals surface area contributed by atoms with Crippen LogP contribution in [0.1, 0.15) is 46.5 Å². The van der Waals surface area contributed by atoms with Gasteiger partial charge in [0.05, 0.1) is 13.2 Å². The van der Waals surface area contributed by atoms with Gasteiger partial charge < -0.3 is 15.4 Å². The second-order valence-electron chi connectivity index (χ2n) is 7.34. The molecule has 0 spiro atoms. The maximum Gasteiger partial charge on any atom is 0.191 e. The molecule has 0 bridgehead atoms. The first-order valence-corrected chi connectivity index (χ1v) is 9.52. The first-order valence-electron chi connectivity index (χ1n) is 9.52. The van der Waals surface area contributed by atoms with Gasteiger partial charge in [0, 0.05) is 38.8 Å². The third kappa shape index (κ3) is 7.08. The predicted molar refractivity (Wildman–Crippen MR) is 97.0 cm³/mol. The minimum Gasteiger partial charge on any atom is -0.379 e. The van der Waals surface area contributed by atoms with Gasteiger partial charge in [0.25, 0.3) is 0 Å². The van der Waals surface area contributed by atoms with Crippen molar-refractivity contribution in [3.8, 4) is 0 Å². The summed E-state index contributed by atoms with van der Waals surface area (Å²) in [6, 6.07) is 0.596. The number of nitrogens with zero attached hydrogens (tertiary/aromatic N) is 2. The van der Waals surface area contributed by atoms with E-state index in [1.54, 1.807) is 0 Å². The Morgan fingerprint density at radius 1 is 1.22 bits per heavy atom. The average molecular weight is 325 g/mol. The molecule has 1 saturated heterocycles. The van der Waals surface area contributed by atoms with E-state index >= 15 is 0 Å². The summed E-state index contributed by atoms with van der Waals surface area (Å²) in [5.74, 6) is 2.47. The SMILES string of the molecule is CCNC(=NCC(C)CN1CCOCC1)NC1CCC(C)CC1. The molecule has 1 heterocycles. The Labute approximate surface area is 142 Å². The molecule has 2 fully saturated rings. The summed E-state index contributed by atoms with van der Waals surface area (Å²) in [4.78, 5) is 7.32. The topological polar surface area (TPSA) is 48.9 Å². The average Bonchev–Trinajstić information content (AvgIpc) is 2.56. The third-order valence-corrected chi connectivity index (χ3v) is 4.94. The summed E-state index contributed by atoms with van der Waals surface area (Å²) < 4.78 is 5.41. The van der Waals surface area contributed by atoms with Gasteiger partial charge in [-0.2, -0.15) is 0 Å². The van der Waals surface area contributed by atoms with E-state index < -0.39 is 0 Å². The van der Waals surface area contributed by atoms with Crippen LogP contribution >= 0.6 is 0 Å². The summed E-state index contributed by atoms with van der Waals surface area (Å²) in [5.41, 5.74) is 0. The van der Waals surface area contributed by atoms with Crippen LogP contribution in [0.15, 0.2) is 4.99 Å². The Balaban J connectivity index is 1.75. The molecule has 2 rings (SSSR count). The van der Waals surface area contributed by atoms with Crippen LogP contribution in [-0.2, 0) is 4.74 Å². The van der Waals surface area contributed by atoms with E-state index in [0.29, 0.717) is 12.0 Å². The molecule has 2 aliphatic rings. The number of morpholine rings is 1. The molecule has 0 aromatic carbocycles. The number of rotatable bonds is 6. The Bertz CT molecular complexity index is 347. The molecule has 1 saturated carbocycles. The zero-order valence-corrected chi connectivity index (χ0v) is 15.3. The van der Waals surface area contributed by atoms with E-state index in [1.165, 1.54) is 25.7 Å². The van der Waals surface area contributed by atoms with E-state index in [4.69, 9.17) is 9.73 Å². The maximum absolute atomic E-state index is 5.41. The van der Waals surface area contributed by atoms with E-state index in [1.807, 2.05) is 0 Å². The largest absolute Gasteiger partial charge is 0.379 e. The summed E-state index contributed by atoms with van der Waals surface area (Å²) in [5, 5.41) is 7.05. The summed E-state index contributed by atoms with van der Waals surface area (Å²) in [6.45, 7) is 13.6. The van der Waals surface area contributed by atoms with Crippen molar-refractivity contribution in [2.75, 3.05) is 45.9 Å². The highest BCUT2D eigenvalue weighted by Gasteiger charge is 2.19. The molecule has 0 amide bonds. The first kappa shape index (κ1) is 18.5. The molecule has 5 heteroatoms. The lowest BCUT2D eigenvalue weighted by Crippen LogP contribution is -2.45. The second-order valence-corrected chi connectivity index (χ2v) is 7.34. The van der Waals surface area contributed by atoms with Gasteiger partial charge in [-0.1, -0.05) is 13.8 Å². The Morgan fingerprint density at radius 3 is 2.57 bits per heavy atom. The van der Waals surface area contributed by atoms with Crippen molar-refractivity contribution in [2.24, 2.45) is 16.8 Å². The molecule has 134 valence electrons. The molecular formula is C18H36N4O. The zero-order valence-electron chi connectivity index (χ0n) is 15.3. The number of ether oxygens (including phenoxy) is 1. The van der Waals surface area contributed by atoms with Crippen LogP contribution < -0.4 is 10.6 Å². The lowest BCUT2D eigenvalue weighted by molar-refractivity contribution is 0.0323. The zero-order chi connectivity index (χ0) is 16.5. The smallest absolute Gasteiger partial charge is 0.191 e. The van der Waals surface area contributed by atoms with Crippen LogP contribution in [0.5, 0.6) is 0 Å². The van der Waals surface area contributed by atoms with Gasteiger partial charge in [-0.05, 0) is 44.4 Å². The molecule has 1 atom stereocenters. The van der Waals surface area contributed by atoms with Crippen LogP contribution in [0.4, 0.5) is 0 Å². The van der Waals surface area contributed by atoms with Gasteiger partial charge >= 0.3 is 0 Å². The quantitative estimate of drug-likeness (QED) is 0.580. The second kappa shape index (κ2) is 10.1. The highest BCUT2D eigenvalue weighted by Crippen LogP contribution is 2.23. The van der Waals surface area contributed by atoms with Crippen LogP contribution in [-0.4, -0.2) is 62.8 Å². The van der Waals surface area contributed by atoms with Crippen LogP contribution in [0.3, 0.4) is 0 Å². The number of hydrogen-bond acceptors (Lipinski definition) is 3. The predicted octanol–water partition coefficient (Wildman–Crippen LogP) is 2.09. The standard InChI is InChI=1S/C18H36N4O/c1-4-19-18(21-17-7-5-15(2)6-8-17)20-13-16(3)14-22-9-11-23-12-10-22/h15-17H,4-14H2,1-3H3,(H2,19,20,21). The summed E-state index contributed by atoms with van der Waals surface area (Å²) >= 11 is 0. The first-order chi connectivity index (χ1) is 11.2. The Kier molecular flexibility index (Phi) is 8.17. The van der Waals surface area contributed by atoms with Crippen molar-refractivity contribution in [1.29, 1.82) is 0 Å². The number of nitrogens with one attached hydrogen (secondary N) is 2. The van der Waals surface area contributed by atoms with Crippen molar-refractivity contribution < 1.29 is 4.74 Å². The van der Waals surface area contributed by atoms with Crippen LogP contribution in [0.25, 0.3) is 0 Å². The Hall–Kier alpha value is -0.810. The highest BCUT2D eigenvalue weighted by atomic mass is 16.5. The molecule has 1 aliphatic heterocycles. The molecule has 1 unspecified atom stereocenters. The molecule has 0 aromatic rings. The molecule has 0 aromatic heterocycles. The molecule has 1 aliphatic carbocycles. The van der Waals surface area contributed by atoms with Gasteiger partial charge in [0.1, 0.15) is 0 Å². The number of guanidine groups is 1. The molecule has 0 radical (unpaired) electrons. The van der Waals surface area contributed by atoms with Crippen LogP contribution in [0, 0.1) is 11.8 Å². The fourth-order valence-electron chi connectivity index (χ4n) is 3.45. The van der Waals surface area contributed by atoms with Crippen molar-refractivity contribution in [3.05, 3.63) is 0 Å². The third-order valence-electron chi connectivity index (χ3n) is 4.94. The maximum atomic E-state index is 5.41. The fraction of sp³-hybridized carbons (Fsp3) is 0.944. The molecular weight excluding hydrogens is 288 g/mol. The van der Waals surface area contributed by atoms with Gasteiger partial charge in [-0.25, -0.2) is 0 Å². The minimum absolute atomic E-state index is 0.579. The van der Waals surface area contributed by atoms with Gasteiger partial charge in [0.15, 0.2) is 5.96 Å². The van der Waals surface area contributed by atoms with Crippen LogP contribution in [0.2, 0.25) is 0 Å². The highest BCUT2D eigenvalue weighted by molar-refractivity contribution is 5.80. The van der Waals surface area contributed by atoms with Crippen molar-refractivity contribution in [3.63, 3.8) is 0 Å². The monoisotopic (exact) mass is 324 g/mol. The number of aliphatic imine (C=N–C) groups is 1. The van der Waals surface area contributed by atoms with Crippen molar-refractivity contribution >= 4 is 5.96 Å². The van der Waals surface area contributed by atoms with E-state index in [2.05, 4.69) is 36.3 Å². The molecule has 2 N–H and O–H groups in total. The number of hydrogen-bond donors (Lipinski definition) is 2. The summed E-state index contributed by atoms with van der Waals surface area (Å²) in [6.07, 6.45) is 5.22. The minimum atomic E-state index is 0.579. The lowest BCUT2D eigenvalue weighted by Gasteiger charge is -2.29. The van der Waals surface area contributed by atoms with E-state index in [-0.39, 0.29) is 0 Å². The molecule has 23 heavy (non-hydrogen) atoms. The Morgan fingerprint density at radius 2 is 1.91 bits per heavy atom. The van der Waals surface area contributed by atoms with Crippen molar-refractivity contribution in [1.82, 2.24) is 15.5 Å². The van der Waals surface area contributed by atoms with Gasteiger partial charge in [-0.15, -0.1) is 0 Å². The molecule has 5 nitrogen and oxygen atoms in total. The lowest BCUT2D eigenvalue weighted by atomic mass is 9.87. The summed E-state index contributed by atoms with van der Waals surface area (Å²) in [7, 11) is 0. The fourth-order valence-corrected chi connectivity index (χ4v) is 3.45. The van der Waals surface area contributed by atoms with Gasteiger partial charge in [0.2, 0.25) is 0 Å². The van der Waals surface area contributed by atoms with Gasteiger partial charge in [-0.3, -0.25) is 9.89 Å².